The summed E-state index contributed by atoms with van der Waals surface area (Å²) in [6.07, 6.45) is 1.00. The van der Waals surface area contributed by atoms with Gasteiger partial charge in [0.2, 0.25) is 5.91 Å². The number of ether oxygens (including phenoxy) is 1. The average Bonchev–Trinajstić information content (AvgIpc) is 2.60. The van der Waals surface area contributed by atoms with Crippen molar-refractivity contribution in [3.8, 4) is 0 Å². The van der Waals surface area contributed by atoms with E-state index in [-0.39, 0.29) is 18.1 Å². The van der Waals surface area contributed by atoms with E-state index in [0.717, 1.165) is 10.3 Å². The molecule has 0 unspecified atom stereocenters. The van der Waals surface area contributed by atoms with E-state index in [9.17, 15) is 9.59 Å². The minimum Gasteiger partial charge on any atom is -0.481 e. The fraction of sp³-hybridized carbons (Fsp3) is 0.368. The highest BCUT2D eigenvalue weighted by Crippen LogP contribution is 2.26. The van der Waals surface area contributed by atoms with Crippen molar-refractivity contribution in [3.05, 3.63) is 42.5 Å². The minimum absolute atomic E-state index is 0.0667. The smallest absolute Gasteiger partial charge is 0.305 e. The van der Waals surface area contributed by atoms with E-state index < -0.39 is 11.5 Å². The highest BCUT2D eigenvalue weighted by molar-refractivity contribution is 8.00. The Morgan fingerprint density at radius 2 is 1.84 bits per heavy atom. The Bertz CT molecular complexity index is 771. The van der Waals surface area contributed by atoms with Gasteiger partial charge in [-0.1, -0.05) is 30.3 Å². The molecule has 0 spiro atoms. The summed E-state index contributed by atoms with van der Waals surface area (Å²) in [7, 11) is 0. The molecule has 1 fully saturated rings. The van der Waals surface area contributed by atoms with E-state index in [2.05, 4.69) is 17.4 Å². The van der Waals surface area contributed by atoms with Gasteiger partial charge in [-0.15, -0.1) is 11.8 Å². The maximum atomic E-state index is 12.4. The number of nitrogens with one attached hydrogen (secondary N) is 1. The number of rotatable bonds is 6. The number of thioether (sulfide) groups is 1. The summed E-state index contributed by atoms with van der Waals surface area (Å²) in [5.41, 5.74) is -0.689. The lowest BCUT2D eigenvalue weighted by Crippen LogP contribution is -2.53. The molecule has 0 atom stereocenters. The Hall–Kier alpha value is -2.05. The summed E-state index contributed by atoms with van der Waals surface area (Å²) in [4.78, 5) is 24.6. The maximum Gasteiger partial charge on any atom is 0.305 e. The van der Waals surface area contributed by atoms with Crippen LogP contribution in [0.3, 0.4) is 0 Å². The zero-order valence-electron chi connectivity index (χ0n) is 13.9. The molecular formula is C19H21NO4S. The molecule has 0 aliphatic carbocycles. The molecule has 1 aliphatic rings. The molecule has 5 nitrogen and oxygen atoms in total. The number of carbonyl (C=O) groups excluding carboxylic acids is 1. The van der Waals surface area contributed by atoms with Crippen LogP contribution in [0, 0.1) is 0 Å². The van der Waals surface area contributed by atoms with Crippen molar-refractivity contribution in [1.82, 2.24) is 5.32 Å². The molecule has 1 heterocycles. The van der Waals surface area contributed by atoms with Gasteiger partial charge < -0.3 is 15.2 Å². The third-order valence-corrected chi connectivity index (χ3v) is 5.43. The fourth-order valence-electron chi connectivity index (χ4n) is 3.14. The molecule has 1 amide bonds. The van der Waals surface area contributed by atoms with E-state index in [1.807, 2.05) is 30.3 Å². The molecule has 25 heavy (non-hydrogen) atoms. The summed E-state index contributed by atoms with van der Waals surface area (Å²) in [5, 5.41) is 14.4. The molecular weight excluding hydrogens is 338 g/mol. The summed E-state index contributed by atoms with van der Waals surface area (Å²) >= 11 is 1.46. The molecule has 0 bridgehead atoms. The molecule has 0 radical (unpaired) electrons. The molecule has 1 aliphatic heterocycles. The van der Waals surface area contributed by atoms with Crippen molar-refractivity contribution >= 4 is 34.4 Å². The highest BCUT2D eigenvalue weighted by Gasteiger charge is 2.36. The lowest BCUT2D eigenvalue weighted by Gasteiger charge is -2.36. The van der Waals surface area contributed by atoms with Crippen molar-refractivity contribution in [2.24, 2.45) is 0 Å². The van der Waals surface area contributed by atoms with Crippen LogP contribution in [0.25, 0.3) is 10.8 Å². The first-order valence-electron chi connectivity index (χ1n) is 8.29. The highest BCUT2D eigenvalue weighted by atomic mass is 32.2. The SMILES string of the molecule is O=C(O)CC1(NC(=O)CSc2ccc3ccccc3c2)CCOCC1. The van der Waals surface area contributed by atoms with E-state index in [1.165, 1.54) is 17.1 Å². The number of aliphatic carboxylic acids is 1. The van der Waals surface area contributed by atoms with Gasteiger partial charge in [-0.25, -0.2) is 0 Å². The predicted octanol–water partition coefficient (Wildman–Crippen LogP) is 3.07. The van der Waals surface area contributed by atoms with Gasteiger partial charge in [-0.2, -0.15) is 0 Å². The van der Waals surface area contributed by atoms with Gasteiger partial charge in [-0.3, -0.25) is 9.59 Å². The second-order valence-corrected chi connectivity index (χ2v) is 7.36. The van der Waals surface area contributed by atoms with Crippen LogP contribution in [-0.4, -0.2) is 41.5 Å². The third kappa shape index (κ3) is 4.74. The Kier molecular flexibility index (Phi) is 5.60. The summed E-state index contributed by atoms with van der Waals surface area (Å²) in [5.74, 6) is -0.772. The van der Waals surface area contributed by atoms with Gasteiger partial charge in [0.05, 0.1) is 17.7 Å². The molecule has 2 aromatic carbocycles. The third-order valence-electron chi connectivity index (χ3n) is 4.43. The number of carboxylic acids is 1. The van der Waals surface area contributed by atoms with Crippen molar-refractivity contribution in [1.29, 1.82) is 0 Å². The molecule has 2 N–H and O–H groups in total. The van der Waals surface area contributed by atoms with Crippen molar-refractivity contribution in [2.45, 2.75) is 29.7 Å². The second kappa shape index (κ2) is 7.89. The number of benzene rings is 2. The number of carbonyl (C=O) groups is 2. The topological polar surface area (TPSA) is 75.6 Å². The van der Waals surface area contributed by atoms with Crippen molar-refractivity contribution in [3.63, 3.8) is 0 Å². The zero-order valence-corrected chi connectivity index (χ0v) is 14.7. The van der Waals surface area contributed by atoms with Gasteiger partial charge in [0, 0.05) is 18.1 Å². The molecule has 132 valence electrons. The summed E-state index contributed by atoms with van der Waals surface area (Å²) < 4.78 is 5.31. The van der Waals surface area contributed by atoms with Crippen LogP contribution in [-0.2, 0) is 14.3 Å². The molecule has 1 saturated heterocycles. The van der Waals surface area contributed by atoms with Crippen LogP contribution >= 0.6 is 11.8 Å². The van der Waals surface area contributed by atoms with Gasteiger partial charge >= 0.3 is 5.97 Å². The zero-order chi connectivity index (χ0) is 17.7. The van der Waals surface area contributed by atoms with Gasteiger partial charge in [0.25, 0.3) is 0 Å². The standard InChI is InChI=1S/C19H21NO4S/c21-17(20-19(12-18(22)23)7-9-24-10-8-19)13-25-16-6-5-14-3-1-2-4-15(14)11-16/h1-6,11H,7-10,12-13H2,(H,20,21)(H,22,23). The largest absolute Gasteiger partial charge is 0.481 e. The normalized spacial score (nSPS) is 16.5. The number of fused-ring (bicyclic) bond motifs is 1. The lowest BCUT2D eigenvalue weighted by atomic mass is 9.86. The number of hydrogen-bond donors (Lipinski definition) is 2. The van der Waals surface area contributed by atoms with E-state index in [0.29, 0.717) is 26.1 Å². The Morgan fingerprint density at radius 1 is 1.12 bits per heavy atom. The summed E-state index contributed by atoms with van der Waals surface area (Å²) in [6.45, 7) is 0.955. The van der Waals surface area contributed by atoms with Crippen LogP contribution in [0.4, 0.5) is 0 Å². The monoisotopic (exact) mass is 359 g/mol. The number of hydrogen-bond acceptors (Lipinski definition) is 4. The quantitative estimate of drug-likeness (QED) is 0.775. The van der Waals surface area contributed by atoms with E-state index in [1.54, 1.807) is 0 Å². The average molecular weight is 359 g/mol. The van der Waals surface area contributed by atoms with Crippen LogP contribution < -0.4 is 5.32 Å². The van der Waals surface area contributed by atoms with Crippen molar-refractivity contribution in [2.75, 3.05) is 19.0 Å². The Balaban J connectivity index is 1.61. The van der Waals surface area contributed by atoms with E-state index in [4.69, 9.17) is 9.84 Å². The minimum atomic E-state index is -0.899. The van der Waals surface area contributed by atoms with E-state index >= 15 is 0 Å². The van der Waals surface area contributed by atoms with Gasteiger partial charge in [0.15, 0.2) is 0 Å². The maximum absolute atomic E-state index is 12.4. The first-order chi connectivity index (χ1) is 12.1. The Morgan fingerprint density at radius 3 is 2.56 bits per heavy atom. The van der Waals surface area contributed by atoms with Crippen molar-refractivity contribution < 1.29 is 19.4 Å². The Labute approximate surface area is 150 Å². The molecule has 0 aromatic heterocycles. The fourth-order valence-corrected chi connectivity index (χ4v) is 3.88. The van der Waals surface area contributed by atoms with Crippen LogP contribution in [0.1, 0.15) is 19.3 Å². The van der Waals surface area contributed by atoms with Crippen LogP contribution in [0.5, 0.6) is 0 Å². The molecule has 2 aromatic rings. The molecule has 0 saturated carbocycles. The molecule has 3 rings (SSSR count). The number of amides is 1. The van der Waals surface area contributed by atoms with Crippen LogP contribution in [0.15, 0.2) is 47.4 Å². The number of carboxylic acid groups (broad SMARTS) is 1. The lowest BCUT2D eigenvalue weighted by molar-refractivity contribution is -0.140. The predicted molar refractivity (Wildman–Crippen MR) is 97.9 cm³/mol. The van der Waals surface area contributed by atoms with Crippen LogP contribution in [0.2, 0.25) is 0 Å². The molecule has 6 heteroatoms. The van der Waals surface area contributed by atoms with Gasteiger partial charge in [0.1, 0.15) is 0 Å². The summed E-state index contributed by atoms with van der Waals surface area (Å²) in [6, 6.07) is 14.2. The second-order valence-electron chi connectivity index (χ2n) is 6.31. The van der Waals surface area contributed by atoms with Gasteiger partial charge in [-0.05, 0) is 35.7 Å². The first kappa shape index (κ1) is 17.8. The first-order valence-corrected chi connectivity index (χ1v) is 9.27.